The van der Waals surface area contributed by atoms with Crippen molar-refractivity contribution in [2.45, 2.75) is 26.0 Å². The molecule has 0 spiro atoms. The highest BCUT2D eigenvalue weighted by Gasteiger charge is 2.15. The number of anilines is 1. The van der Waals surface area contributed by atoms with Crippen LogP contribution in [0.3, 0.4) is 0 Å². The number of hydrogen-bond donors (Lipinski definition) is 1. The Labute approximate surface area is 162 Å². The van der Waals surface area contributed by atoms with E-state index in [2.05, 4.69) is 15.5 Å². The highest BCUT2D eigenvalue weighted by atomic mass is 32.2. The van der Waals surface area contributed by atoms with E-state index in [0.29, 0.717) is 23.5 Å². The standard InChI is InChI=1S/C20H21N3O3S/c1-4-25-17-8-6-5-7-15(17)19-22-23-20(26-19)27-12-18(24)21-16-10-9-13(2)11-14(16)3/h5-11H,4,12H2,1-3H3,(H,21,24). The zero-order chi connectivity index (χ0) is 19.2. The van der Waals surface area contributed by atoms with E-state index in [-0.39, 0.29) is 11.7 Å². The van der Waals surface area contributed by atoms with Crippen molar-refractivity contribution in [1.29, 1.82) is 0 Å². The average molecular weight is 383 g/mol. The maximum atomic E-state index is 12.2. The number of aryl methyl sites for hydroxylation is 2. The first kappa shape index (κ1) is 19.0. The number of rotatable bonds is 7. The fourth-order valence-corrected chi connectivity index (χ4v) is 3.13. The largest absolute Gasteiger partial charge is 0.493 e. The summed E-state index contributed by atoms with van der Waals surface area (Å²) in [5, 5.41) is 11.3. The molecule has 0 atom stereocenters. The zero-order valence-electron chi connectivity index (χ0n) is 15.5. The van der Waals surface area contributed by atoms with Gasteiger partial charge in [-0.15, -0.1) is 10.2 Å². The van der Waals surface area contributed by atoms with Gasteiger partial charge >= 0.3 is 0 Å². The van der Waals surface area contributed by atoms with Crippen molar-refractivity contribution < 1.29 is 13.9 Å². The first-order valence-electron chi connectivity index (χ1n) is 8.62. The molecule has 1 amide bonds. The number of nitrogens with one attached hydrogen (secondary N) is 1. The molecule has 27 heavy (non-hydrogen) atoms. The van der Waals surface area contributed by atoms with E-state index in [0.717, 1.165) is 22.4 Å². The number of amides is 1. The Morgan fingerprint density at radius 1 is 1.19 bits per heavy atom. The molecule has 2 aromatic carbocycles. The third-order valence-corrected chi connectivity index (χ3v) is 4.62. The van der Waals surface area contributed by atoms with E-state index < -0.39 is 0 Å². The van der Waals surface area contributed by atoms with Crippen LogP contribution < -0.4 is 10.1 Å². The molecule has 7 heteroatoms. The van der Waals surface area contributed by atoms with Crippen LogP contribution in [0.25, 0.3) is 11.5 Å². The normalized spacial score (nSPS) is 10.6. The van der Waals surface area contributed by atoms with Gasteiger partial charge in [-0.3, -0.25) is 4.79 Å². The third kappa shape index (κ3) is 4.89. The second-order valence-corrected chi connectivity index (χ2v) is 6.88. The van der Waals surface area contributed by atoms with E-state index in [1.54, 1.807) is 0 Å². The van der Waals surface area contributed by atoms with E-state index in [1.807, 2.05) is 63.2 Å². The third-order valence-electron chi connectivity index (χ3n) is 3.81. The molecule has 0 saturated carbocycles. The van der Waals surface area contributed by atoms with E-state index in [9.17, 15) is 4.79 Å². The molecule has 0 aliphatic heterocycles. The quantitative estimate of drug-likeness (QED) is 0.606. The summed E-state index contributed by atoms with van der Waals surface area (Å²) >= 11 is 1.20. The maximum absolute atomic E-state index is 12.2. The van der Waals surface area contributed by atoms with Gasteiger partial charge in [-0.2, -0.15) is 0 Å². The number of carbonyl (C=O) groups excluding carboxylic acids is 1. The molecule has 0 fully saturated rings. The first-order valence-corrected chi connectivity index (χ1v) is 9.61. The summed E-state index contributed by atoms with van der Waals surface area (Å²) in [7, 11) is 0. The first-order chi connectivity index (χ1) is 13.1. The highest BCUT2D eigenvalue weighted by Crippen LogP contribution is 2.30. The molecule has 140 valence electrons. The van der Waals surface area contributed by atoms with Gasteiger partial charge in [0.2, 0.25) is 5.91 Å². The minimum absolute atomic E-state index is 0.124. The number of para-hydroxylation sites is 1. The van der Waals surface area contributed by atoms with Gasteiger partial charge in [0.25, 0.3) is 11.1 Å². The van der Waals surface area contributed by atoms with Gasteiger partial charge in [0.15, 0.2) is 0 Å². The smallest absolute Gasteiger partial charge is 0.277 e. The van der Waals surface area contributed by atoms with Gasteiger partial charge in [0.05, 0.1) is 17.9 Å². The number of carbonyl (C=O) groups is 1. The molecule has 0 aliphatic rings. The molecule has 6 nitrogen and oxygen atoms in total. The topological polar surface area (TPSA) is 77.2 Å². The van der Waals surface area contributed by atoms with Crippen LogP contribution in [0.15, 0.2) is 52.1 Å². The molecule has 0 unspecified atom stereocenters. The number of ether oxygens (including phenoxy) is 1. The second kappa shape index (κ2) is 8.73. The summed E-state index contributed by atoms with van der Waals surface area (Å²) in [6.07, 6.45) is 0. The van der Waals surface area contributed by atoms with Crippen molar-refractivity contribution in [3.63, 3.8) is 0 Å². The lowest BCUT2D eigenvalue weighted by atomic mass is 10.1. The maximum Gasteiger partial charge on any atom is 0.277 e. The number of hydrogen-bond acceptors (Lipinski definition) is 6. The Morgan fingerprint density at radius 3 is 2.78 bits per heavy atom. The predicted molar refractivity (Wildman–Crippen MR) is 106 cm³/mol. The van der Waals surface area contributed by atoms with Crippen LogP contribution in [0.2, 0.25) is 0 Å². The highest BCUT2D eigenvalue weighted by molar-refractivity contribution is 7.99. The molecule has 3 aromatic rings. The molecular formula is C20H21N3O3S. The van der Waals surface area contributed by atoms with Crippen molar-refractivity contribution in [3.05, 3.63) is 53.6 Å². The number of thioether (sulfide) groups is 1. The zero-order valence-corrected chi connectivity index (χ0v) is 16.3. The fraction of sp³-hybridized carbons (Fsp3) is 0.250. The van der Waals surface area contributed by atoms with Crippen LogP contribution in [0.5, 0.6) is 5.75 Å². The molecule has 1 heterocycles. The Hall–Kier alpha value is -2.80. The monoisotopic (exact) mass is 383 g/mol. The van der Waals surface area contributed by atoms with Crippen LogP contribution in [-0.2, 0) is 4.79 Å². The SMILES string of the molecule is CCOc1ccccc1-c1nnc(SCC(=O)Nc2ccc(C)cc2C)o1. The number of aromatic nitrogens is 2. The van der Waals surface area contributed by atoms with Gasteiger partial charge in [-0.1, -0.05) is 41.6 Å². The lowest BCUT2D eigenvalue weighted by molar-refractivity contribution is -0.113. The van der Waals surface area contributed by atoms with Gasteiger partial charge < -0.3 is 14.5 Å². The minimum Gasteiger partial charge on any atom is -0.493 e. The Bertz CT molecular complexity index is 940. The predicted octanol–water partition coefficient (Wildman–Crippen LogP) is 4.48. The molecule has 0 aliphatic carbocycles. The van der Waals surface area contributed by atoms with Crippen LogP contribution in [0, 0.1) is 13.8 Å². The van der Waals surface area contributed by atoms with E-state index in [1.165, 1.54) is 11.8 Å². The van der Waals surface area contributed by atoms with Gasteiger partial charge in [0.1, 0.15) is 5.75 Å². The molecule has 1 N–H and O–H groups in total. The lowest BCUT2D eigenvalue weighted by Gasteiger charge is -2.08. The molecule has 0 bridgehead atoms. The fourth-order valence-electron chi connectivity index (χ4n) is 2.57. The molecular weight excluding hydrogens is 362 g/mol. The summed E-state index contributed by atoms with van der Waals surface area (Å²) in [5.41, 5.74) is 3.73. The van der Waals surface area contributed by atoms with Crippen molar-refractivity contribution in [2.24, 2.45) is 0 Å². The van der Waals surface area contributed by atoms with Gasteiger partial charge in [0, 0.05) is 5.69 Å². The molecule has 3 rings (SSSR count). The summed E-state index contributed by atoms with van der Waals surface area (Å²) in [4.78, 5) is 12.2. The van der Waals surface area contributed by atoms with Crippen molar-refractivity contribution in [1.82, 2.24) is 10.2 Å². The summed E-state index contributed by atoms with van der Waals surface area (Å²) in [5.74, 6) is 1.12. The van der Waals surface area contributed by atoms with Crippen molar-refractivity contribution in [2.75, 3.05) is 17.7 Å². The van der Waals surface area contributed by atoms with Crippen molar-refractivity contribution >= 4 is 23.4 Å². The Kier molecular flexibility index (Phi) is 6.13. The van der Waals surface area contributed by atoms with Gasteiger partial charge in [-0.05, 0) is 44.5 Å². The van der Waals surface area contributed by atoms with E-state index in [4.69, 9.17) is 9.15 Å². The lowest BCUT2D eigenvalue weighted by Crippen LogP contribution is -2.14. The Morgan fingerprint density at radius 2 is 2.00 bits per heavy atom. The average Bonchev–Trinajstić information content (AvgIpc) is 3.12. The van der Waals surface area contributed by atoms with Crippen LogP contribution >= 0.6 is 11.8 Å². The summed E-state index contributed by atoms with van der Waals surface area (Å²) in [6, 6.07) is 13.4. The molecule has 0 radical (unpaired) electrons. The van der Waals surface area contributed by atoms with Crippen LogP contribution in [0.4, 0.5) is 5.69 Å². The van der Waals surface area contributed by atoms with Gasteiger partial charge in [-0.25, -0.2) is 0 Å². The van der Waals surface area contributed by atoms with Crippen LogP contribution in [0.1, 0.15) is 18.1 Å². The molecule has 1 aromatic heterocycles. The summed E-state index contributed by atoms with van der Waals surface area (Å²) in [6.45, 7) is 6.45. The minimum atomic E-state index is -0.124. The number of benzene rings is 2. The summed E-state index contributed by atoms with van der Waals surface area (Å²) < 4.78 is 11.3. The second-order valence-electron chi connectivity index (χ2n) is 5.96. The number of nitrogens with zero attached hydrogens (tertiary/aromatic N) is 2. The van der Waals surface area contributed by atoms with Crippen molar-refractivity contribution in [3.8, 4) is 17.2 Å². The Balaban J connectivity index is 1.62. The van der Waals surface area contributed by atoms with E-state index >= 15 is 0 Å². The molecule has 0 saturated heterocycles. The van der Waals surface area contributed by atoms with Crippen LogP contribution in [-0.4, -0.2) is 28.5 Å².